The molecule has 2 amide bonds. The van der Waals surface area contributed by atoms with Crippen LogP contribution in [0.1, 0.15) is 30.4 Å². The molecule has 0 aliphatic heterocycles. The zero-order valence-electron chi connectivity index (χ0n) is 10.4. The Balaban J connectivity index is 2.38. The first kappa shape index (κ1) is 12.6. The van der Waals surface area contributed by atoms with Crippen molar-refractivity contribution in [2.45, 2.75) is 26.7 Å². The second-order valence-electron chi connectivity index (χ2n) is 4.17. The third-order valence-corrected chi connectivity index (χ3v) is 3.62. The Hall–Kier alpha value is -1.89. The number of amides is 2. The summed E-state index contributed by atoms with van der Waals surface area (Å²) in [6.07, 6.45) is 1.74. The maximum absolute atomic E-state index is 11.5. The first-order chi connectivity index (χ1) is 8.49. The Labute approximate surface area is 108 Å². The predicted molar refractivity (Wildman–Crippen MR) is 69.2 cm³/mol. The Morgan fingerprint density at radius 1 is 1.56 bits per heavy atom. The first-order valence-corrected chi connectivity index (χ1v) is 6.29. The maximum Gasteiger partial charge on any atom is 0.327 e. The molecule has 2 rings (SSSR count). The summed E-state index contributed by atoms with van der Waals surface area (Å²) in [7, 11) is 0. The molecule has 0 atom stereocenters. The summed E-state index contributed by atoms with van der Waals surface area (Å²) in [4.78, 5) is 18.1. The third-order valence-electron chi connectivity index (χ3n) is 2.34. The van der Waals surface area contributed by atoms with Crippen LogP contribution in [0.3, 0.4) is 0 Å². The minimum absolute atomic E-state index is 0.352. The molecule has 0 spiro atoms. The number of anilines is 2. The van der Waals surface area contributed by atoms with Gasteiger partial charge in [-0.1, -0.05) is 19.0 Å². The van der Waals surface area contributed by atoms with E-state index in [0.29, 0.717) is 22.6 Å². The molecule has 0 aliphatic carbocycles. The fraction of sp³-hybridized carbons (Fsp3) is 0.364. The molecular formula is C11H14N4O2S. The van der Waals surface area contributed by atoms with E-state index in [1.54, 1.807) is 19.2 Å². The van der Waals surface area contributed by atoms with Crippen molar-refractivity contribution >= 4 is 28.3 Å². The maximum atomic E-state index is 11.5. The van der Waals surface area contributed by atoms with E-state index in [-0.39, 0.29) is 0 Å². The van der Waals surface area contributed by atoms with Gasteiger partial charge in [-0.2, -0.15) is 0 Å². The number of carbonyl (C=O) groups is 1. The van der Waals surface area contributed by atoms with Gasteiger partial charge in [0.1, 0.15) is 5.76 Å². The van der Waals surface area contributed by atoms with Crippen LogP contribution in [0.4, 0.5) is 15.7 Å². The molecule has 2 N–H and O–H groups in total. The van der Waals surface area contributed by atoms with E-state index in [2.05, 4.69) is 24.0 Å². The van der Waals surface area contributed by atoms with Crippen LogP contribution >= 0.6 is 11.3 Å². The second-order valence-corrected chi connectivity index (χ2v) is 5.21. The van der Waals surface area contributed by atoms with E-state index in [1.165, 1.54) is 16.2 Å². The molecule has 0 radical (unpaired) electrons. The molecule has 2 aromatic rings. The zero-order valence-corrected chi connectivity index (χ0v) is 11.2. The van der Waals surface area contributed by atoms with Gasteiger partial charge in [0.2, 0.25) is 0 Å². The van der Waals surface area contributed by atoms with Crippen LogP contribution in [0.25, 0.3) is 0 Å². The van der Waals surface area contributed by atoms with Gasteiger partial charge in [0.15, 0.2) is 10.9 Å². The average Bonchev–Trinajstić information content (AvgIpc) is 2.88. The van der Waals surface area contributed by atoms with Crippen LogP contribution in [-0.4, -0.2) is 16.2 Å². The van der Waals surface area contributed by atoms with Crippen molar-refractivity contribution < 1.29 is 9.32 Å². The Morgan fingerprint density at radius 3 is 2.72 bits per heavy atom. The normalized spacial score (nSPS) is 10.9. The molecule has 0 saturated carbocycles. The van der Waals surface area contributed by atoms with Gasteiger partial charge >= 0.3 is 6.03 Å². The number of thiazole rings is 1. The third kappa shape index (κ3) is 2.35. The molecule has 96 valence electrons. The molecule has 2 aromatic heterocycles. The van der Waals surface area contributed by atoms with Crippen molar-refractivity contribution in [1.29, 1.82) is 0 Å². The molecule has 6 nitrogen and oxygen atoms in total. The highest BCUT2D eigenvalue weighted by molar-refractivity contribution is 7.15. The number of hydrogen-bond acceptors (Lipinski definition) is 5. The van der Waals surface area contributed by atoms with Gasteiger partial charge in [-0.25, -0.2) is 14.7 Å². The van der Waals surface area contributed by atoms with Crippen molar-refractivity contribution in [2.75, 3.05) is 4.90 Å². The lowest BCUT2D eigenvalue weighted by molar-refractivity contribution is 0.255. The van der Waals surface area contributed by atoms with Gasteiger partial charge in [0.25, 0.3) is 0 Å². The van der Waals surface area contributed by atoms with Gasteiger partial charge < -0.3 is 10.3 Å². The number of primary amides is 1. The number of urea groups is 1. The molecule has 0 unspecified atom stereocenters. The highest BCUT2D eigenvalue weighted by atomic mass is 32.1. The highest BCUT2D eigenvalue weighted by Crippen LogP contribution is 2.32. The number of carbonyl (C=O) groups excluding carboxylic acids is 1. The fourth-order valence-electron chi connectivity index (χ4n) is 1.41. The minimum Gasteiger partial charge on any atom is -0.360 e. The van der Waals surface area contributed by atoms with Gasteiger partial charge in [0, 0.05) is 17.1 Å². The molecular weight excluding hydrogens is 252 g/mol. The molecule has 0 bridgehead atoms. The molecule has 0 saturated heterocycles. The summed E-state index contributed by atoms with van der Waals surface area (Å²) >= 11 is 1.41. The van der Waals surface area contributed by atoms with Crippen LogP contribution in [0.5, 0.6) is 0 Å². The number of rotatable bonds is 3. The van der Waals surface area contributed by atoms with E-state index in [0.717, 1.165) is 4.88 Å². The summed E-state index contributed by atoms with van der Waals surface area (Å²) in [6.45, 7) is 5.87. The van der Waals surface area contributed by atoms with E-state index >= 15 is 0 Å². The number of aromatic nitrogens is 2. The van der Waals surface area contributed by atoms with Crippen LogP contribution in [0, 0.1) is 6.92 Å². The minimum atomic E-state index is -0.632. The Kier molecular flexibility index (Phi) is 3.33. The monoisotopic (exact) mass is 266 g/mol. The van der Waals surface area contributed by atoms with E-state index in [1.807, 2.05) is 0 Å². The molecule has 0 aliphatic rings. The molecule has 0 fully saturated rings. The smallest absolute Gasteiger partial charge is 0.327 e. The topological polar surface area (TPSA) is 85.2 Å². The number of aryl methyl sites for hydroxylation is 1. The van der Waals surface area contributed by atoms with Crippen molar-refractivity contribution in [2.24, 2.45) is 5.73 Å². The van der Waals surface area contributed by atoms with Crippen molar-refractivity contribution in [3.8, 4) is 0 Å². The van der Waals surface area contributed by atoms with E-state index in [9.17, 15) is 4.79 Å². The molecule has 0 aromatic carbocycles. The SMILES string of the molecule is Cc1cc(N(C(N)=O)c2ncc(C(C)C)s2)no1. The van der Waals surface area contributed by atoms with Crippen molar-refractivity contribution in [1.82, 2.24) is 10.1 Å². The average molecular weight is 266 g/mol. The van der Waals surface area contributed by atoms with E-state index < -0.39 is 6.03 Å². The summed E-state index contributed by atoms with van der Waals surface area (Å²) < 4.78 is 4.95. The summed E-state index contributed by atoms with van der Waals surface area (Å²) in [5.41, 5.74) is 5.37. The number of nitrogens with zero attached hydrogens (tertiary/aromatic N) is 3. The quantitative estimate of drug-likeness (QED) is 0.925. The van der Waals surface area contributed by atoms with Gasteiger partial charge in [-0.05, 0) is 12.8 Å². The van der Waals surface area contributed by atoms with Crippen LogP contribution in [-0.2, 0) is 0 Å². The largest absolute Gasteiger partial charge is 0.360 e. The van der Waals surface area contributed by atoms with Crippen LogP contribution < -0.4 is 10.6 Å². The second kappa shape index (κ2) is 4.77. The lowest BCUT2D eigenvalue weighted by atomic mass is 10.2. The van der Waals surface area contributed by atoms with Crippen LogP contribution in [0.2, 0.25) is 0 Å². The lowest BCUT2D eigenvalue weighted by Crippen LogP contribution is -2.31. The van der Waals surface area contributed by atoms with Gasteiger partial charge in [-0.15, -0.1) is 11.3 Å². The zero-order chi connectivity index (χ0) is 13.3. The van der Waals surface area contributed by atoms with Gasteiger partial charge in [0.05, 0.1) is 0 Å². The van der Waals surface area contributed by atoms with Crippen molar-refractivity contribution in [3.63, 3.8) is 0 Å². The van der Waals surface area contributed by atoms with Gasteiger partial charge in [-0.3, -0.25) is 0 Å². The molecule has 7 heteroatoms. The molecule has 2 heterocycles. The fourth-order valence-corrected chi connectivity index (χ4v) is 2.34. The Bertz CT molecular complexity index is 561. The first-order valence-electron chi connectivity index (χ1n) is 5.47. The molecule has 18 heavy (non-hydrogen) atoms. The highest BCUT2D eigenvalue weighted by Gasteiger charge is 2.22. The lowest BCUT2D eigenvalue weighted by Gasteiger charge is -2.12. The Morgan fingerprint density at radius 2 is 2.28 bits per heavy atom. The standard InChI is InChI=1S/C11H14N4O2S/c1-6(2)8-5-13-11(18-8)15(10(12)16)9-4-7(3)17-14-9/h4-6H,1-3H3,(H2,12,16). The predicted octanol–water partition coefficient (Wildman–Crippen LogP) is 2.78. The number of hydrogen-bond donors (Lipinski definition) is 1. The summed E-state index contributed by atoms with van der Waals surface area (Å²) in [5.74, 6) is 1.31. The summed E-state index contributed by atoms with van der Waals surface area (Å²) in [6, 6.07) is 1.01. The van der Waals surface area contributed by atoms with E-state index in [4.69, 9.17) is 10.3 Å². The van der Waals surface area contributed by atoms with Crippen LogP contribution in [0.15, 0.2) is 16.8 Å². The number of nitrogens with two attached hydrogens (primary N) is 1. The van der Waals surface area contributed by atoms with Crippen molar-refractivity contribution in [3.05, 3.63) is 22.9 Å². The summed E-state index contributed by atoms with van der Waals surface area (Å²) in [5, 5.41) is 4.28.